The van der Waals surface area contributed by atoms with Crippen LogP contribution in [0.15, 0.2) is 78.9 Å². The first-order valence-electron chi connectivity index (χ1n) is 11.2. The smallest absolute Gasteiger partial charge is 0.265 e. The Kier molecular flexibility index (Phi) is 7.36. The first-order chi connectivity index (χ1) is 16.4. The molecule has 6 heteroatoms. The molecule has 3 N–H and O–H groups in total. The monoisotopic (exact) mass is 474 g/mol. The summed E-state index contributed by atoms with van der Waals surface area (Å²) in [6, 6.07) is 24.8. The summed E-state index contributed by atoms with van der Waals surface area (Å²) in [6.45, 7) is 5.28. The third-order valence-electron chi connectivity index (χ3n) is 5.71. The Balaban J connectivity index is 1.42. The number of carbonyl (C=O) groups excluding carboxylic acids is 1. The number of rotatable bonds is 8. The predicted octanol–water partition coefficient (Wildman–Crippen LogP) is 6.34. The molecule has 5 nitrogen and oxygen atoms in total. The molecule has 34 heavy (non-hydrogen) atoms. The number of hydrazine groups is 1. The molecule has 4 aromatic rings. The summed E-state index contributed by atoms with van der Waals surface area (Å²) in [7, 11) is 0. The van der Waals surface area contributed by atoms with E-state index in [1.165, 1.54) is 23.8 Å². The molecular formula is C28H27ClN2O3. The van der Waals surface area contributed by atoms with Crippen molar-refractivity contribution in [3.8, 4) is 11.5 Å². The molecule has 0 heterocycles. The maximum atomic E-state index is 12.4. The summed E-state index contributed by atoms with van der Waals surface area (Å²) in [6.07, 6.45) is 0. The molecule has 0 spiro atoms. The molecule has 174 valence electrons. The Morgan fingerprint density at radius 1 is 0.971 bits per heavy atom. The van der Waals surface area contributed by atoms with E-state index < -0.39 is 0 Å². The Morgan fingerprint density at radius 2 is 1.71 bits per heavy atom. The van der Waals surface area contributed by atoms with E-state index in [9.17, 15) is 9.90 Å². The van der Waals surface area contributed by atoms with Crippen molar-refractivity contribution in [1.82, 2.24) is 10.9 Å². The van der Waals surface area contributed by atoms with Crippen LogP contribution in [0.2, 0.25) is 5.02 Å². The highest BCUT2D eigenvalue weighted by atomic mass is 35.5. The van der Waals surface area contributed by atoms with E-state index in [4.69, 9.17) is 16.3 Å². The number of benzene rings is 4. The van der Waals surface area contributed by atoms with Crippen molar-refractivity contribution in [1.29, 1.82) is 0 Å². The normalized spacial score (nSPS) is 11.1. The quantitative estimate of drug-likeness (QED) is 0.261. The third-order valence-corrected chi connectivity index (χ3v) is 6.01. The summed E-state index contributed by atoms with van der Waals surface area (Å²) in [5.41, 5.74) is 9.45. The molecule has 0 aliphatic rings. The van der Waals surface area contributed by atoms with Crippen LogP contribution in [-0.2, 0) is 13.2 Å². The van der Waals surface area contributed by atoms with Crippen molar-refractivity contribution in [3.05, 3.63) is 106 Å². The number of aromatic hydroxyl groups is 1. The van der Waals surface area contributed by atoms with Crippen LogP contribution in [-0.4, -0.2) is 11.0 Å². The van der Waals surface area contributed by atoms with Gasteiger partial charge in [0, 0.05) is 17.5 Å². The topological polar surface area (TPSA) is 70.6 Å². The fraction of sp³-hybridized carbons (Fsp3) is 0.179. The number of nitrogens with one attached hydrogen (secondary N) is 2. The summed E-state index contributed by atoms with van der Waals surface area (Å²) in [5, 5.41) is 11.7. The molecule has 4 aromatic carbocycles. The lowest BCUT2D eigenvalue weighted by molar-refractivity contribution is 0.0932. The van der Waals surface area contributed by atoms with Gasteiger partial charge in [0.2, 0.25) is 0 Å². The second-order valence-electron chi connectivity index (χ2n) is 8.43. The van der Waals surface area contributed by atoms with Crippen LogP contribution in [0, 0.1) is 0 Å². The maximum absolute atomic E-state index is 12.4. The standard InChI is InChI=1S/C28H27ClN2O3/c1-18(2)20-9-7-19(8-10-20)17-34-27-14-12-22(23-5-3-4-6-24(23)27)16-30-31-28(33)21-11-13-26(32)25(29)15-21/h3-15,18,30,32H,16-17H2,1-2H3,(H,31,33). The zero-order chi connectivity index (χ0) is 24.1. The molecule has 0 bridgehead atoms. The SMILES string of the molecule is CC(C)c1ccc(COc2ccc(CNNC(=O)c3ccc(O)c(Cl)c3)c3ccccc23)cc1. The van der Waals surface area contributed by atoms with Crippen LogP contribution < -0.4 is 15.6 Å². The molecule has 0 aliphatic heterocycles. The van der Waals surface area contributed by atoms with Gasteiger partial charge in [-0.1, -0.05) is 80.0 Å². The van der Waals surface area contributed by atoms with Crippen LogP contribution in [0.25, 0.3) is 10.8 Å². The minimum Gasteiger partial charge on any atom is -0.506 e. The lowest BCUT2D eigenvalue weighted by Gasteiger charge is -2.14. The second kappa shape index (κ2) is 10.6. The largest absolute Gasteiger partial charge is 0.506 e. The molecule has 0 saturated heterocycles. The number of carbonyl (C=O) groups is 1. The summed E-state index contributed by atoms with van der Waals surface area (Å²) < 4.78 is 6.16. The van der Waals surface area contributed by atoms with Gasteiger partial charge in [-0.15, -0.1) is 0 Å². The van der Waals surface area contributed by atoms with Gasteiger partial charge in [0.15, 0.2) is 0 Å². The zero-order valence-corrected chi connectivity index (χ0v) is 19.9. The minimum absolute atomic E-state index is 0.0625. The van der Waals surface area contributed by atoms with Gasteiger partial charge in [0.25, 0.3) is 5.91 Å². The van der Waals surface area contributed by atoms with E-state index in [-0.39, 0.29) is 16.7 Å². The van der Waals surface area contributed by atoms with Gasteiger partial charge < -0.3 is 9.84 Å². The van der Waals surface area contributed by atoms with Crippen molar-refractivity contribution >= 4 is 28.3 Å². The Hall–Kier alpha value is -3.54. The van der Waals surface area contributed by atoms with E-state index in [0.29, 0.717) is 24.6 Å². The number of amides is 1. The van der Waals surface area contributed by atoms with E-state index in [1.54, 1.807) is 0 Å². The average molecular weight is 475 g/mol. The van der Waals surface area contributed by atoms with Crippen LogP contribution in [0.4, 0.5) is 0 Å². The maximum Gasteiger partial charge on any atom is 0.265 e. The van der Waals surface area contributed by atoms with Crippen molar-refractivity contribution in [2.45, 2.75) is 32.9 Å². The molecule has 0 fully saturated rings. The molecule has 0 aliphatic carbocycles. The number of fused-ring (bicyclic) bond motifs is 1. The number of phenolic OH excluding ortho intramolecular Hbond substituents is 1. The van der Waals surface area contributed by atoms with Crippen molar-refractivity contribution < 1.29 is 14.6 Å². The number of hydrogen-bond donors (Lipinski definition) is 3. The third kappa shape index (κ3) is 5.50. The Labute approximate surface area is 204 Å². The van der Waals surface area contributed by atoms with Crippen LogP contribution >= 0.6 is 11.6 Å². The van der Waals surface area contributed by atoms with Crippen molar-refractivity contribution in [2.75, 3.05) is 0 Å². The molecule has 0 aromatic heterocycles. The van der Waals surface area contributed by atoms with Crippen molar-refractivity contribution in [3.63, 3.8) is 0 Å². The Bertz CT molecular complexity index is 1300. The number of hydrogen-bond acceptors (Lipinski definition) is 4. The summed E-state index contributed by atoms with van der Waals surface area (Å²) in [4.78, 5) is 12.4. The zero-order valence-electron chi connectivity index (χ0n) is 19.1. The van der Waals surface area contributed by atoms with Gasteiger partial charge in [-0.3, -0.25) is 10.2 Å². The predicted molar refractivity (Wildman–Crippen MR) is 136 cm³/mol. The van der Waals surface area contributed by atoms with E-state index in [2.05, 4.69) is 49.0 Å². The summed E-state index contributed by atoms with van der Waals surface area (Å²) >= 11 is 5.89. The minimum atomic E-state index is -0.338. The highest BCUT2D eigenvalue weighted by Gasteiger charge is 2.10. The fourth-order valence-corrected chi connectivity index (χ4v) is 3.89. The first-order valence-corrected chi connectivity index (χ1v) is 11.5. The molecule has 0 unspecified atom stereocenters. The van der Waals surface area contributed by atoms with E-state index in [0.717, 1.165) is 27.6 Å². The second-order valence-corrected chi connectivity index (χ2v) is 8.83. The first kappa shape index (κ1) is 23.6. The van der Waals surface area contributed by atoms with E-state index in [1.807, 2.05) is 36.4 Å². The molecule has 0 radical (unpaired) electrons. The molecular weight excluding hydrogens is 448 g/mol. The van der Waals surface area contributed by atoms with Gasteiger partial charge in [0.1, 0.15) is 18.1 Å². The fourth-order valence-electron chi connectivity index (χ4n) is 3.71. The highest BCUT2D eigenvalue weighted by molar-refractivity contribution is 6.32. The van der Waals surface area contributed by atoms with Crippen LogP contribution in [0.5, 0.6) is 11.5 Å². The number of ether oxygens (including phenoxy) is 1. The summed E-state index contributed by atoms with van der Waals surface area (Å²) in [5.74, 6) is 0.918. The van der Waals surface area contributed by atoms with Crippen LogP contribution in [0.3, 0.4) is 0 Å². The average Bonchev–Trinajstić information content (AvgIpc) is 2.85. The van der Waals surface area contributed by atoms with Gasteiger partial charge in [-0.25, -0.2) is 5.43 Å². The number of halogens is 1. The van der Waals surface area contributed by atoms with Gasteiger partial charge >= 0.3 is 0 Å². The molecule has 0 atom stereocenters. The van der Waals surface area contributed by atoms with Gasteiger partial charge in [-0.05, 0) is 52.3 Å². The lowest BCUT2D eigenvalue weighted by atomic mass is 10.0. The Morgan fingerprint density at radius 3 is 2.41 bits per heavy atom. The van der Waals surface area contributed by atoms with E-state index >= 15 is 0 Å². The lowest BCUT2D eigenvalue weighted by Crippen LogP contribution is -2.36. The molecule has 4 rings (SSSR count). The van der Waals surface area contributed by atoms with Gasteiger partial charge in [-0.2, -0.15) is 0 Å². The highest BCUT2D eigenvalue weighted by Crippen LogP contribution is 2.29. The van der Waals surface area contributed by atoms with Crippen molar-refractivity contribution in [2.24, 2.45) is 0 Å². The number of phenols is 1. The van der Waals surface area contributed by atoms with Gasteiger partial charge in [0.05, 0.1) is 5.02 Å². The van der Waals surface area contributed by atoms with Crippen LogP contribution in [0.1, 0.15) is 46.8 Å². The molecule has 0 saturated carbocycles. The molecule has 1 amide bonds.